The molecule has 0 atom stereocenters. The number of fused-ring (bicyclic) bond motifs is 1. The van der Waals surface area contributed by atoms with Crippen molar-refractivity contribution in [3.05, 3.63) is 29.8 Å². The van der Waals surface area contributed by atoms with Crippen molar-refractivity contribution in [3.63, 3.8) is 0 Å². The van der Waals surface area contributed by atoms with E-state index in [1.807, 2.05) is 0 Å². The molecular formula is C15H20FN3O. The van der Waals surface area contributed by atoms with Crippen molar-refractivity contribution in [2.24, 2.45) is 0 Å². The summed E-state index contributed by atoms with van der Waals surface area (Å²) in [7, 11) is 0. The lowest BCUT2D eigenvalue weighted by Crippen LogP contribution is -2.30. The smallest absolute Gasteiger partial charge is 0.125 e. The van der Waals surface area contributed by atoms with Gasteiger partial charge in [-0.05, 0) is 31.9 Å². The van der Waals surface area contributed by atoms with Gasteiger partial charge in [0, 0.05) is 25.2 Å². The van der Waals surface area contributed by atoms with Crippen LogP contribution in [0.5, 0.6) is 0 Å². The van der Waals surface area contributed by atoms with E-state index in [0.29, 0.717) is 18.1 Å². The SMILES string of the molecule is CCn1c(CN(CCO)C2CC2)nc2cc(F)ccc21. The summed E-state index contributed by atoms with van der Waals surface area (Å²) in [6.45, 7) is 4.44. The van der Waals surface area contributed by atoms with Crippen molar-refractivity contribution >= 4 is 11.0 Å². The van der Waals surface area contributed by atoms with Gasteiger partial charge in [-0.3, -0.25) is 4.90 Å². The van der Waals surface area contributed by atoms with Gasteiger partial charge in [0.15, 0.2) is 0 Å². The van der Waals surface area contributed by atoms with E-state index in [1.54, 1.807) is 6.07 Å². The first-order valence-electron chi connectivity index (χ1n) is 7.22. The Morgan fingerprint density at radius 1 is 1.45 bits per heavy atom. The molecule has 1 heterocycles. The van der Waals surface area contributed by atoms with E-state index in [-0.39, 0.29) is 12.4 Å². The van der Waals surface area contributed by atoms with Crippen molar-refractivity contribution in [2.75, 3.05) is 13.2 Å². The molecule has 1 aliphatic rings. The van der Waals surface area contributed by atoms with Crippen molar-refractivity contribution in [1.82, 2.24) is 14.5 Å². The molecule has 1 N–H and O–H groups in total. The summed E-state index contributed by atoms with van der Waals surface area (Å²) in [5, 5.41) is 9.18. The Labute approximate surface area is 117 Å². The minimum atomic E-state index is -0.251. The zero-order valence-corrected chi connectivity index (χ0v) is 11.7. The summed E-state index contributed by atoms with van der Waals surface area (Å²) >= 11 is 0. The van der Waals surface area contributed by atoms with Crippen molar-refractivity contribution in [1.29, 1.82) is 0 Å². The maximum absolute atomic E-state index is 13.3. The fraction of sp³-hybridized carbons (Fsp3) is 0.533. The first-order valence-corrected chi connectivity index (χ1v) is 7.22. The number of rotatable bonds is 6. The number of hydrogen-bond acceptors (Lipinski definition) is 3. The highest BCUT2D eigenvalue weighted by atomic mass is 19.1. The maximum Gasteiger partial charge on any atom is 0.125 e. The van der Waals surface area contributed by atoms with Crippen LogP contribution in [0.2, 0.25) is 0 Å². The molecule has 4 nitrogen and oxygen atoms in total. The van der Waals surface area contributed by atoms with Gasteiger partial charge in [-0.25, -0.2) is 9.37 Å². The number of aryl methyl sites for hydroxylation is 1. The Hall–Kier alpha value is -1.46. The molecule has 3 rings (SSSR count). The second-order valence-electron chi connectivity index (χ2n) is 5.33. The molecule has 0 saturated heterocycles. The van der Waals surface area contributed by atoms with Crippen LogP contribution < -0.4 is 0 Å². The lowest BCUT2D eigenvalue weighted by molar-refractivity contribution is 0.179. The molecule has 1 aromatic heterocycles. The molecule has 0 unspecified atom stereocenters. The highest BCUT2D eigenvalue weighted by Crippen LogP contribution is 2.28. The van der Waals surface area contributed by atoms with Gasteiger partial charge in [0.1, 0.15) is 11.6 Å². The fourth-order valence-corrected chi connectivity index (χ4v) is 2.77. The van der Waals surface area contributed by atoms with E-state index in [0.717, 1.165) is 24.4 Å². The summed E-state index contributed by atoms with van der Waals surface area (Å²) < 4.78 is 15.4. The van der Waals surface area contributed by atoms with E-state index < -0.39 is 0 Å². The Balaban J connectivity index is 1.93. The highest BCUT2D eigenvalue weighted by Gasteiger charge is 2.29. The monoisotopic (exact) mass is 277 g/mol. The molecule has 0 bridgehead atoms. The molecule has 1 fully saturated rings. The summed E-state index contributed by atoms with van der Waals surface area (Å²) in [4.78, 5) is 6.84. The van der Waals surface area contributed by atoms with Crippen molar-refractivity contribution < 1.29 is 9.50 Å². The predicted octanol–water partition coefficient (Wildman–Crippen LogP) is 2.15. The summed E-state index contributed by atoms with van der Waals surface area (Å²) in [6, 6.07) is 5.33. The molecule has 0 amide bonds. The third-order valence-corrected chi connectivity index (χ3v) is 3.90. The number of nitrogens with zero attached hydrogens (tertiary/aromatic N) is 3. The molecule has 1 aliphatic carbocycles. The molecule has 0 radical (unpaired) electrons. The topological polar surface area (TPSA) is 41.3 Å². The van der Waals surface area contributed by atoms with E-state index in [4.69, 9.17) is 0 Å². The Morgan fingerprint density at radius 3 is 2.90 bits per heavy atom. The molecule has 1 saturated carbocycles. The van der Waals surface area contributed by atoms with Gasteiger partial charge in [-0.15, -0.1) is 0 Å². The van der Waals surface area contributed by atoms with Crippen LogP contribution in [0, 0.1) is 5.82 Å². The molecule has 5 heteroatoms. The largest absolute Gasteiger partial charge is 0.395 e. The second kappa shape index (κ2) is 5.50. The van der Waals surface area contributed by atoms with Crippen molar-refractivity contribution in [3.8, 4) is 0 Å². The van der Waals surface area contributed by atoms with Crippen molar-refractivity contribution in [2.45, 2.75) is 38.9 Å². The van der Waals surface area contributed by atoms with Gasteiger partial charge in [-0.1, -0.05) is 0 Å². The zero-order chi connectivity index (χ0) is 14.1. The molecular weight excluding hydrogens is 257 g/mol. The number of aliphatic hydroxyl groups is 1. The van der Waals surface area contributed by atoms with E-state index >= 15 is 0 Å². The quantitative estimate of drug-likeness (QED) is 0.879. The minimum absolute atomic E-state index is 0.164. The maximum atomic E-state index is 13.3. The lowest BCUT2D eigenvalue weighted by Gasteiger charge is -2.20. The van der Waals surface area contributed by atoms with Gasteiger partial charge in [-0.2, -0.15) is 0 Å². The van der Waals surface area contributed by atoms with Gasteiger partial charge in [0.05, 0.1) is 24.2 Å². The standard InChI is InChI=1S/C15H20FN3O/c1-2-19-14-6-3-11(16)9-13(14)17-15(19)10-18(7-8-20)12-4-5-12/h3,6,9,12,20H,2,4-5,7-8,10H2,1H3. The van der Waals surface area contributed by atoms with E-state index in [2.05, 4.69) is 21.4 Å². The first-order chi connectivity index (χ1) is 9.72. The number of aliphatic hydroxyl groups excluding tert-OH is 1. The number of hydrogen-bond donors (Lipinski definition) is 1. The summed E-state index contributed by atoms with van der Waals surface area (Å²) in [6.07, 6.45) is 2.39. The summed E-state index contributed by atoms with van der Waals surface area (Å²) in [5.41, 5.74) is 1.69. The van der Waals surface area contributed by atoms with Crippen LogP contribution in [0.15, 0.2) is 18.2 Å². The molecule has 0 aliphatic heterocycles. The molecule has 0 spiro atoms. The second-order valence-corrected chi connectivity index (χ2v) is 5.33. The fourth-order valence-electron chi connectivity index (χ4n) is 2.77. The number of benzene rings is 1. The van der Waals surface area contributed by atoms with Gasteiger partial charge in [0.25, 0.3) is 0 Å². The number of halogens is 1. The predicted molar refractivity (Wildman–Crippen MR) is 75.9 cm³/mol. The number of aromatic nitrogens is 2. The molecule has 1 aromatic carbocycles. The van der Waals surface area contributed by atoms with Crippen LogP contribution in [0.3, 0.4) is 0 Å². The van der Waals surface area contributed by atoms with Gasteiger partial charge in [0.2, 0.25) is 0 Å². The lowest BCUT2D eigenvalue weighted by atomic mass is 10.3. The van der Waals surface area contributed by atoms with Crippen LogP contribution in [0.1, 0.15) is 25.6 Å². The number of imidazole rings is 1. The Morgan fingerprint density at radius 2 is 2.25 bits per heavy atom. The van der Waals surface area contributed by atoms with E-state index in [9.17, 15) is 9.50 Å². The third kappa shape index (κ3) is 2.55. The minimum Gasteiger partial charge on any atom is -0.395 e. The molecule has 108 valence electrons. The zero-order valence-electron chi connectivity index (χ0n) is 11.7. The van der Waals surface area contributed by atoms with Gasteiger partial charge < -0.3 is 9.67 Å². The highest BCUT2D eigenvalue weighted by molar-refractivity contribution is 5.76. The average Bonchev–Trinajstić information content (AvgIpc) is 3.21. The Bertz CT molecular complexity index is 606. The van der Waals surface area contributed by atoms with Crippen LogP contribution >= 0.6 is 0 Å². The first kappa shape index (κ1) is 13.5. The third-order valence-electron chi connectivity index (χ3n) is 3.90. The summed E-state index contributed by atoms with van der Waals surface area (Å²) in [5.74, 6) is 0.702. The molecule has 20 heavy (non-hydrogen) atoms. The van der Waals surface area contributed by atoms with Crippen LogP contribution in [-0.4, -0.2) is 38.8 Å². The molecule has 2 aromatic rings. The van der Waals surface area contributed by atoms with Gasteiger partial charge >= 0.3 is 0 Å². The van der Waals surface area contributed by atoms with E-state index in [1.165, 1.54) is 25.0 Å². The average molecular weight is 277 g/mol. The van der Waals surface area contributed by atoms with Crippen LogP contribution in [-0.2, 0) is 13.1 Å². The normalized spacial score (nSPS) is 15.4. The van der Waals surface area contributed by atoms with Crippen LogP contribution in [0.25, 0.3) is 11.0 Å². The Kier molecular flexibility index (Phi) is 3.72. The van der Waals surface area contributed by atoms with Crippen LogP contribution in [0.4, 0.5) is 4.39 Å².